The molecule has 1 spiro atoms. The Balaban J connectivity index is 1.55. The minimum absolute atomic E-state index is 0.0799. The molecule has 5 rings (SSSR count). The van der Waals surface area contributed by atoms with E-state index in [-0.39, 0.29) is 17.1 Å². The average molecular weight is 325 g/mol. The van der Waals surface area contributed by atoms with Crippen LogP contribution in [0.3, 0.4) is 0 Å². The Morgan fingerprint density at radius 3 is 2.62 bits per heavy atom. The molecule has 5 aliphatic rings. The van der Waals surface area contributed by atoms with Crippen molar-refractivity contribution in [3.05, 3.63) is 11.1 Å². The van der Waals surface area contributed by atoms with Crippen LogP contribution in [0.1, 0.15) is 72.6 Å². The van der Waals surface area contributed by atoms with Crippen LogP contribution in [-0.4, -0.2) is 11.7 Å². The summed E-state index contributed by atoms with van der Waals surface area (Å²) in [6.07, 6.45) is 9.41. The van der Waals surface area contributed by atoms with Crippen molar-refractivity contribution in [2.24, 2.45) is 34.5 Å². The first-order chi connectivity index (χ1) is 11.4. The fourth-order valence-electron chi connectivity index (χ4n) is 8.04. The van der Waals surface area contributed by atoms with Gasteiger partial charge in [0.25, 0.3) is 0 Å². The molecule has 4 aliphatic carbocycles. The van der Waals surface area contributed by atoms with Crippen molar-refractivity contribution in [2.75, 3.05) is 0 Å². The van der Waals surface area contributed by atoms with Crippen molar-refractivity contribution in [3.8, 4) is 6.07 Å². The Labute approximate surface area is 146 Å². The van der Waals surface area contributed by atoms with Gasteiger partial charge in [-0.1, -0.05) is 20.8 Å². The van der Waals surface area contributed by atoms with Gasteiger partial charge >= 0.3 is 0 Å². The third-order valence-electron chi connectivity index (χ3n) is 9.79. The molecule has 0 aromatic carbocycles. The molecule has 2 heteroatoms. The minimum atomic E-state index is 0.0799. The van der Waals surface area contributed by atoms with Crippen molar-refractivity contribution < 1.29 is 4.74 Å². The average Bonchev–Trinajstić information content (AvgIpc) is 3.23. The fraction of sp³-hybridized carbons (Fsp3) is 0.864. The predicted molar refractivity (Wildman–Crippen MR) is 94.1 cm³/mol. The van der Waals surface area contributed by atoms with E-state index in [1.807, 2.05) is 0 Å². The summed E-state index contributed by atoms with van der Waals surface area (Å²) < 4.78 is 6.41. The summed E-state index contributed by atoms with van der Waals surface area (Å²) in [6.45, 7) is 9.70. The molecule has 0 N–H and O–H groups in total. The third kappa shape index (κ3) is 1.53. The highest BCUT2D eigenvalue weighted by atomic mass is 16.6. The SMILES string of the molecule is CC1=C(C#N)C[C@]2(C)[C@H]3CC[C@]4(C)[C@@H](C)CC[C@H]4[C@@H]3CC[C@@]23OC13. The Morgan fingerprint density at radius 1 is 1.08 bits per heavy atom. The Morgan fingerprint density at radius 2 is 1.88 bits per heavy atom. The van der Waals surface area contributed by atoms with Gasteiger partial charge in [-0.3, -0.25) is 0 Å². The highest BCUT2D eigenvalue weighted by molar-refractivity contribution is 5.43. The van der Waals surface area contributed by atoms with E-state index < -0.39 is 0 Å². The zero-order valence-electron chi connectivity index (χ0n) is 15.7. The molecule has 4 fully saturated rings. The van der Waals surface area contributed by atoms with Crippen LogP contribution in [0.4, 0.5) is 0 Å². The van der Waals surface area contributed by atoms with Gasteiger partial charge in [0, 0.05) is 11.0 Å². The molecular weight excluding hydrogens is 294 g/mol. The van der Waals surface area contributed by atoms with Crippen LogP contribution in [0.2, 0.25) is 0 Å². The number of nitriles is 1. The van der Waals surface area contributed by atoms with E-state index in [2.05, 4.69) is 33.8 Å². The molecule has 0 aromatic rings. The summed E-state index contributed by atoms with van der Waals surface area (Å²) in [5.41, 5.74) is 3.12. The molecule has 8 atom stereocenters. The number of epoxide rings is 1. The van der Waals surface area contributed by atoms with Crippen LogP contribution in [-0.2, 0) is 4.74 Å². The van der Waals surface area contributed by atoms with Gasteiger partial charge in [-0.15, -0.1) is 0 Å². The lowest BCUT2D eigenvalue weighted by Gasteiger charge is -2.59. The number of nitrogens with zero attached hydrogens (tertiary/aromatic N) is 1. The standard InChI is InChI=1S/C22H31NO/c1-13-5-6-17-16-7-10-22-19(24-22)14(2)15(12-23)11-21(22,4)18(16)8-9-20(13,17)3/h13,16-19H,5-11H2,1-4H3/t13-,16-,17-,18-,19?,20+,21+,22-/m0/s1. The van der Waals surface area contributed by atoms with E-state index in [1.165, 1.54) is 44.1 Å². The molecule has 0 radical (unpaired) electrons. The number of allylic oxidation sites excluding steroid dienone is 1. The molecule has 2 nitrogen and oxygen atoms in total. The monoisotopic (exact) mass is 325 g/mol. The lowest BCUT2D eigenvalue weighted by atomic mass is 9.44. The van der Waals surface area contributed by atoms with Crippen molar-refractivity contribution in [2.45, 2.75) is 84.3 Å². The molecule has 0 bridgehead atoms. The Hall–Kier alpha value is -0.810. The number of hydrogen-bond acceptors (Lipinski definition) is 2. The van der Waals surface area contributed by atoms with Gasteiger partial charge < -0.3 is 4.74 Å². The van der Waals surface area contributed by atoms with Crippen molar-refractivity contribution in [3.63, 3.8) is 0 Å². The first kappa shape index (κ1) is 15.4. The maximum absolute atomic E-state index is 9.66. The van der Waals surface area contributed by atoms with Gasteiger partial charge in [0.05, 0.1) is 6.07 Å². The molecular formula is C22H31NO. The Kier molecular flexibility index (Phi) is 2.88. The second kappa shape index (κ2) is 4.47. The molecule has 3 saturated carbocycles. The molecule has 1 saturated heterocycles. The molecule has 24 heavy (non-hydrogen) atoms. The lowest BCUT2D eigenvalue weighted by molar-refractivity contribution is -0.104. The maximum Gasteiger partial charge on any atom is 0.110 e. The van der Waals surface area contributed by atoms with Crippen molar-refractivity contribution >= 4 is 0 Å². The van der Waals surface area contributed by atoms with E-state index in [0.29, 0.717) is 5.41 Å². The molecule has 1 aliphatic heterocycles. The number of rotatable bonds is 0. The number of hydrogen-bond donors (Lipinski definition) is 0. The van der Waals surface area contributed by atoms with E-state index in [0.717, 1.165) is 35.7 Å². The Bertz CT molecular complexity index is 674. The summed E-state index contributed by atoms with van der Waals surface area (Å²) in [5.74, 6) is 3.43. The fourth-order valence-corrected chi connectivity index (χ4v) is 8.04. The largest absolute Gasteiger partial charge is 0.361 e. The summed E-state index contributed by atoms with van der Waals surface area (Å²) in [5, 5.41) is 9.66. The third-order valence-corrected chi connectivity index (χ3v) is 9.79. The van der Waals surface area contributed by atoms with Gasteiger partial charge in [0.2, 0.25) is 0 Å². The van der Waals surface area contributed by atoms with Crippen LogP contribution in [0.15, 0.2) is 11.1 Å². The first-order valence-electron chi connectivity index (χ1n) is 10.1. The second-order valence-electron chi connectivity index (χ2n) is 10.2. The normalized spacial score (nSPS) is 58.2. The zero-order valence-corrected chi connectivity index (χ0v) is 15.7. The predicted octanol–water partition coefficient (Wildman–Crippen LogP) is 5.25. The van der Waals surface area contributed by atoms with E-state index in [4.69, 9.17) is 4.74 Å². The number of ether oxygens (including phenoxy) is 1. The van der Waals surface area contributed by atoms with Gasteiger partial charge in [-0.05, 0) is 86.5 Å². The van der Waals surface area contributed by atoms with Crippen LogP contribution in [0.25, 0.3) is 0 Å². The lowest BCUT2D eigenvalue weighted by Crippen LogP contribution is -2.57. The van der Waals surface area contributed by atoms with Crippen LogP contribution < -0.4 is 0 Å². The van der Waals surface area contributed by atoms with E-state index >= 15 is 0 Å². The highest BCUT2D eigenvalue weighted by Crippen LogP contribution is 2.73. The zero-order chi connectivity index (χ0) is 16.9. The maximum atomic E-state index is 9.66. The van der Waals surface area contributed by atoms with E-state index in [9.17, 15) is 5.26 Å². The van der Waals surface area contributed by atoms with Crippen LogP contribution >= 0.6 is 0 Å². The molecule has 1 heterocycles. The summed E-state index contributed by atoms with van der Waals surface area (Å²) in [6, 6.07) is 2.52. The minimum Gasteiger partial charge on any atom is -0.361 e. The summed E-state index contributed by atoms with van der Waals surface area (Å²) in [4.78, 5) is 0. The highest BCUT2D eigenvalue weighted by Gasteiger charge is 2.75. The van der Waals surface area contributed by atoms with E-state index in [1.54, 1.807) is 0 Å². The van der Waals surface area contributed by atoms with Crippen molar-refractivity contribution in [1.82, 2.24) is 0 Å². The molecule has 0 aromatic heterocycles. The smallest absolute Gasteiger partial charge is 0.110 e. The summed E-state index contributed by atoms with van der Waals surface area (Å²) in [7, 11) is 0. The molecule has 1 unspecified atom stereocenters. The molecule has 0 amide bonds. The van der Waals surface area contributed by atoms with Gasteiger partial charge in [0.1, 0.15) is 11.7 Å². The summed E-state index contributed by atoms with van der Waals surface area (Å²) >= 11 is 0. The number of fused-ring (bicyclic) bond motifs is 4. The van der Waals surface area contributed by atoms with Crippen molar-refractivity contribution in [1.29, 1.82) is 5.26 Å². The second-order valence-corrected chi connectivity index (χ2v) is 10.2. The first-order valence-corrected chi connectivity index (χ1v) is 10.1. The van der Waals surface area contributed by atoms with Crippen LogP contribution in [0, 0.1) is 45.8 Å². The van der Waals surface area contributed by atoms with Gasteiger partial charge in [-0.25, -0.2) is 0 Å². The van der Waals surface area contributed by atoms with Crippen LogP contribution in [0.5, 0.6) is 0 Å². The quantitative estimate of drug-likeness (QED) is 0.571. The topological polar surface area (TPSA) is 36.3 Å². The van der Waals surface area contributed by atoms with Gasteiger partial charge in [0.15, 0.2) is 0 Å². The van der Waals surface area contributed by atoms with Gasteiger partial charge in [-0.2, -0.15) is 5.26 Å². The molecule has 130 valence electrons.